The molecule has 0 unspecified atom stereocenters. The van der Waals surface area contributed by atoms with Crippen LogP contribution in [0, 0.1) is 12.8 Å². The lowest BCUT2D eigenvalue weighted by atomic mass is 10.1. The van der Waals surface area contributed by atoms with Crippen LogP contribution in [0.5, 0.6) is 0 Å². The monoisotopic (exact) mass is 287 g/mol. The van der Waals surface area contributed by atoms with Crippen molar-refractivity contribution in [3.63, 3.8) is 0 Å². The number of nitrogens with one attached hydrogen (secondary N) is 1. The number of carbonyl (C=O) groups excluding carboxylic acids is 1. The second-order valence-electron chi connectivity index (χ2n) is 5.02. The largest absolute Gasteiger partial charge is 0.273 e. The Morgan fingerprint density at radius 1 is 1.50 bits per heavy atom. The highest BCUT2D eigenvalue weighted by Crippen LogP contribution is 2.28. The topological polar surface area (TPSA) is 54.4 Å². The van der Waals surface area contributed by atoms with Gasteiger partial charge in [-0.1, -0.05) is 29.8 Å². The molecular weight excluding hydrogens is 274 g/mol. The first kappa shape index (κ1) is 13.1. The van der Waals surface area contributed by atoms with Crippen LogP contribution in [-0.4, -0.2) is 17.1 Å². The van der Waals surface area contributed by atoms with Gasteiger partial charge in [-0.05, 0) is 31.4 Å². The van der Waals surface area contributed by atoms with Gasteiger partial charge in [0.2, 0.25) is 5.91 Å². The molecule has 1 saturated carbocycles. The molecule has 0 bridgehead atoms. The van der Waals surface area contributed by atoms with Crippen molar-refractivity contribution in [1.29, 1.82) is 0 Å². The van der Waals surface area contributed by atoms with Gasteiger partial charge in [0.25, 0.3) is 0 Å². The van der Waals surface area contributed by atoms with E-state index in [4.69, 9.17) is 11.6 Å². The average Bonchev–Trinajstić information content (AvgIpc) is 3.25. The highest BCUT2D eigenvalue weighted by molar-refractivity contribution is 6.32. The number of hydrogen-bond donors (Lipinski definition) is 1. The zero-order valence-corrected chi connectivity index (χ0v) is 11.8. The van der Waals surface area contributed by atoms with Crippen LogP contribution >= 0.6 is 11.6 Å². The van der Waals surface area contributed by atoms with E-state index in [9.17, 15) is 4.79 Å². The molecule has 1 fully saturated rings. The molecular formula is C15H14ClN3O. The summed E-state index contributed by atoms with van der Waals surface area (Å²) in [4.78, 5) is 15.8. The van der Waals surface area contributed by atoms with E-state index < -0.39 is 0 Å². The van der Waals surface area contributed by atoms with Gasteiger partial charge in [0.15, 0.2) is 0 Å². The van der Waals surface area contributed by atoms with Crippen LogP contribution < -0.4 is 5.43 Å². The molecule has 1 aromatic carbocycles. The summed E-state index contributed by atoms with van der Waals surface area (Å²) in [6.07, 6.45) is 3.45. The smallest absolute Gasteiger partial charge is 0.243 e. The highest BCUT2D eigenvalue weighted by atomic mass is 35.5. The van der Waals surface area contributed by atoms with Gasteiger partial charge in [0, 0.05) is 16.9 Å². The summed E-state index contributed by atoms with van der Waals surface area (Å²) in [7, 11) is 0. The normalized spacial score (nSPS) is 14.9. The molecule has 0 aliphatic heterocycles. The van der Waals surface area contributed by atoms with Gasteiger partial charge in [0.05, 0.1) is 11.7 Å². The lowest BCUT2D eigenvalue weighted by Crippen LogP contribution is -2.19. The fourth-order valence-corrected chi connectivity index (χ4v) is 2.22. The van der Waals surface area contributed by atoms with Gasteiger partial charge < -0.3 is 0 Å². The van der Waals surface area contributed by atoms with Crippen LogP contribution in [-0.2, 0) is 4.79 Å². The maximum atomic E-state index is 11.5. The van der Waals surface area contributed by atoms with E-state index in [2.05, 4.69) is 15.5 Å². The Balaban J connectivity index is 1.85. The molecule has 5 heteroatoms. The minimum absolute atomic E-state index is 0.0260. The maximum absolute atomic E-state index is 11.5. The van der Waals surface area contributed by atoms with Crippen molar-refractivity contribution in [1.82, 2.24) is 10.4 Å². The van der Waals surface area contributed by atoms with Crippen molar-refractivity contribution in [3.8, 4) is 0 Å². The van der Waals surface area contributed by atoms with Crippen LogP contribution in [0.1, 0.15) is 24.0 Å². The Labute approximate surface area is 121 Å². The molecule has 1 aliphatic rings. The number of rotatable bonds is 3. The Kier molecular flexibility index (Phi) is 3.40. The van der Waals surface area contributed by atoms with Gasteiger partial charge in [-0.3, -0.25) is 4.79 Å². The van der Waals surface area contributed by atoms with Crippen molar-refractivity contribution in [2.75, 3.05) is 0 Å². The zero-order chi connectivity index (χ0) is 14.1. The summed E-state index contributed by atoms with van der Waals surface area (Å²) in [5.41, 5.74) is 5.18. The van der Waals surface area contributed by atoms with E-state index in [1.165, 1.54) is 6.21 Å². The Morgan fingerprint density at radius 2 is 2.30 bits per heavy atom. The van der Waals surface area contributed by atoms with E-state index in [1.807, 2.05) is 31.2 Å². The summed E-state index contributed by atoms with van der Waals surface area (Å²) >= 11 is 6.15. The molecule has 1 heterocycles. The van der Waals surface area contributed by atoms with Crippen LogP contribution in [0.2, 0.25) is 5.15 Å². The number of aromatic nitrogens is 1. The number of para-hydroxylation sites is 1. The first-order valence-corrected chi connectivity index (χ1v) is 6.92. The van der Waals surface area contributed by atoms with Gasteiger partial charge >= 0.3 is 0 Å². The second kappa shape index (κ2) is 5.21. The zero-order valence-electron chi connectivity index (χ0n) is 11.1. The van der Waals surface area contributed by atoms with Crippen LogP contribution in [0.15, 0.2) is 29.4 Å². The van der Waals surface area contributed by atoms with Crippen molar-refractivity contribution in [2.24, 2.45) is 11.0 Å². The number of carbonyl (C=O) groups is 1. The summed E-state index contributed by atoms with van der Waals surface area (Å²) in [5, 5.41) is 5.33. The molecule has 0 saturated heterocycles. The first-order chi connectivity index (χ1) is 9.65. The number of benzene rings is 1. The summed E-state index contributed by atoms with van der Waals surface area (Å²) in [6.45, 7) is 2.00. The third-order valence-corrected chi connectivity index (χ3v) is 3.66. The number of aryl methyl sites for hydroxylation is 1. The molecule has 2 aromatic rings. The van der Waals surface area contributed by atoms with E-state index in [-0.39, 0.29) is 11.8 Å². The molecule has 1 aliphatic carbocycles. The number of pyridine rings is 1. The van der Waals surface area contributed by atoms with E-state index in [0.717, 1.165) is 29.3 Å². The summed E-state index contributed by atoms with van der Waals surface area (Å²) in [6, 6.07) is 7.87. The molecule has 20 heavy (non-hydrogen) atoms. The minimum Gasteiger partial charge on any atom is -0.273 e. The van der Waals surface area contributed by atoms with E-state index in [1.54, 1.807) is 0 Å². The maximum Gasteiger partial charge on any atom is 0.243 e. The van der Waals surface area contributed by atoms with Crippen LogP contribution in [0.25, 0.3) is 10.9 Å². The predicted octanol–water partition coefficient (Wildman–Crippen LogP) is 3.06. The molecule has 0 radical (unpaired) electrons. The Bertz CT molecular complexity index is 708. The minimum atomic E-state index is -0.0260. The van der Waals surface area contributed by atoms with E-state index in [0.29, 0.717) is 10.7 Å². The number of nitrogens with zero attached hydrogens (tertiary/aromatic N) is 2. The van der Waals surface area contributed by atoms with Crippen LogP contribution in [0.4, 0.5) is 0 Å². The van der Waals surface area contributed by atoms with Gasteiger partial charge in [-0.15, -0.1) is 0 Å². The van der Waals surface area contributed by atoms with Gasteiger partial charge in [-0.2, -0.15) is 5.10 Å². The standard InChI is InChI=1S/C15H14ClN3O/c1-9-3-2-4-11-7-12(14(16)18-13(9)11)8-17-19-15(20)10-5-6-10/h2-4,7-8,10H,5-6H2,1H3,(H,19,20)/b17-8-. The number of amides is 1. The van der Waals surface area contributed by atoms with Crippen molar-refractivity contribution >= 4 is 34.6 Å². The highest BCUT2D eigenvalue weighted by Gasteiger charge is 2.29. The molecule has 1 aromatic heterocycles. The molecule has 1 amide bonds. The molecule has 0 spiro atoms. The van der Waals surface area contributed by atoms with Gasteiger partial charge in [0.1, 0.15) is 5.15 Å². The number of hydrazone groups is 1. The number of fused-ring (bicyclic) bond motifs is 1. The Hall–Kier alpha value is -1.94. The third kappa shape index (κ3) is 2.65. The number of halogens is 1. The third-order valence-electron chi connectivity index (χ3n) is 3.35. The lowest BCUT2D eigenvalue weighted by Gasteiger charge is -2.04. The van der Waals surface area contributed by atoms with Crippen molar-refractivity contribution in [2.45, 2.75) is 19.8 Å². The molecule has 4 nitrogen and oxygen atoms in total. The van der Waals surface area contributed by atoms with E-state index >= 15 is 0 Å². The Morgan fingerprint density at radius 3 is 3.05 bits per heavy atom. The first-order valence-electron chi connectivity index (χ1n) is 6.54. The van der Waals surface area contributed by atoms with Crippen molar-refractivity contribution in [3.05, 3.63) is 40.5 Å². The molecule has 0 atom stereocenters. The molecule has 1 N–H and O–H groups in total. The van der Waals surface area contributed by atoms with Gasteiger partial charge in [-0.25, -0.2) is 10.4 Å². The molecule has 3 rings (SSSR count). The SMILES string of the molecule is Cc1cccc2cc(/C=N\NC(=O)C3CC3)c(Cl)nc12. The molecule has 102 valence electrons. The van der Waals surface area contributed by atoms with Crippen LogP contribution in [0.3, 0.4) is 0 Å². The second-order valence-corrected chi connectivity index (χ2v) is 5.38. The quantitative estimate of drug-likeness (QED) is 0.536. The predicted molar refractivity (Wildman–Crippen MR) is 80.0 cm³/mol. The summed E-state index contributed by atoms with van der Waals surface area (Å²) < 4.78 is 0. The fourth-order valence-electron chi connectivity index (χ4n) is 2.03. The average molecular weight is 288 g/mol. The van der Waals surface area contributed by atoms with Crippen molar-refractivity contribution < 1.29 is 4.79 Å². The number of hydrogen-bond acceptors (Lipinski definition) is 3. The summed E-state index contributed by atoms with van der Waals surface area (Å²) in [5.74, 6) is 0.113. The lowest BCUT2D eigenvalue weighted by molar-refractivity contribution is -0.122. The fraction of sp³-hybridized carbons (Fsp3) is 0.267.